The largest absolute Gasteiger partial charge is 0.480 e. The molecule has 2 aromatic heterocycles. The Morgan fingerprint density at radius 1 is 0.517 bits per heavy atom. The first kappa shape index (κ1) is 42.0. The average molecular weight is 866 g/mol. The van der Waals surface area contributed by atoms with E-state index in [1.807, 2.05) is 36.4 Å². The molecule has 0 radical (unpaired) electrons. The fourth-order valence-electron chi connectivity index (χ4n) is 7.77. The highest BCUT2D eigenvalue weighted by Gasteiger charge is 2.44. The molecule has 0 bridgehead atoms. The second-order valence-electron chi connectivity index (χ2n) is 14.2. The molecule has 8 rings (SSSR count). The van der Waals surface area contributed by atoms with Crippen molar-refractivity contribution in [3.05, 3.63) is 177 Å². The van der Waals surface area contributed by atoms with Crippen LogP contribution in [0.3, 0.4) is 0 Å². The van der Waals surface area contributed by atoms with Crippen LogP contribution in [-0.4, -0.2) is 65.8 Å². The van der Waals surface area contributed by atoms with E-state index in [0.717, 1.165) is 11.1 Å². The number of benzene rings is 4. The molecule has 2 amide bonds. The van der Waals surface area contributed by atoms with Gasteiger partial charge >= 0.3 is 11.9 Å². The topological polar surface area (TPSA) is 141 Å². The monoisotopic (exact) mass is 864 g/mol. The minimum absolute atomic E-state index is 0.236. The Morgan fingerprint density at radius 2 is 0.917 bits per heavy atom. The molecule has 2 aliphatic rings. The predicted molar refractivity (Wildman–Crippen MR) is 226 cm³/mol. The maximum Gasteiger partial charge on any atom is 0.326 e. The smallest absolute Gasteiger partial charge is 0.326 e. The van der Waals surface area contributed by atoms with Crippen LogP contribution in [0.5, 0.6) is 0 Å². The summed E-state index contributed by atoms with van der Waals surface area (Å²) in [5.41, 5.74) is 4.13. The van der Waals surface area contributed by atoms with Crippen LogP contribution in [0, 0.1) is 5.82 Å². The molecule has 0 saturated carbocycles. The molecular weight excluding hydrogens is 830 g/mol. The minimum Gasteiger partial charge on any atom is -0.480 e. The van der Waals surface area contributed by atoms with Gasteiger partial charge in [0.25, 0.3) is 11.8 Å². The molecule has 4 aromatic carbocycles. The second-order valence-corrected chi connectivity index (χ2v) is 15.4. The van der Waals surface area contributed by atoms with Crippen molar-refractivity contribution in [2.75, 3.05) is 0 Å². The van der Waals surface area contributed by atoms with Crippen molar-refractivity contribution in [3.8, 4) is 22.5 Å². The van der Waals surface area contributed by atoms with Gasteiger partial charge in [0.1, 0.15) is 17.9 Å². The number of rotatable bonds is 8. The fraction of sp³-hybridized carbons (Fsp3) is 0.174. The molecule has 14 heteroatoms. The Morgan fingerprint density at radius 3 is 1.32 bits per heavy atom. The van der Waals surface area contributed by atoms with Gasteiger partial charge in [-0.15, -0.1) is 0 Å². The summed E-state index contributed by atoms with van der Waals surface area (Å²) in [4.78, 5) is 61.6. The Labute approximate surface area is 359 Å². The molecular formula is C46H36Cl3FN4O6. The number of hydrogen-bond donors (Lipinski definition) is 2. The SMILES string of the molecule is O=C(O)[C@@H]1CC[C@H](c2ccccc2Cl)N1C(=O)c1ccc(-c2ccccc2Cl)nc1.O=C(O)[C@@H]1CC[C@H](c2ccccc2Cl)N1C(=O)c1ccc(-c2ccccc2F)nc1. The van der Waals surface area contributed by atoms with E-state index < -0.39 is 47.8 Å². The van der Waals surface area contributed by atoms with Gasteiger partial charge in [0.2, 0.25) is 0 Å². The summed E-state index contributed by atoms with van der Waals surface area (Å²) in [6.45, 7) is 0. The molecule has 4 atom stereocenters. The van der Waals surface area contributed by atoms with E-state index in [4.69, 9.17) is 34.8 Å². The van der Waals surface area contributed by atoms with E-state index >= 15 is 0 Å². The standard InChI is InChI=1S/C23H18Cl2N2O3.C23H18ClFN2O3/c24-17-7-3-1-5-15(17)19-10-9-14(13-26-19)22(28)27-20(11-12-21(27)23(29)30)16-6-2-4-8-18(16)25;24-17-7-3-1-5-15(17)20-11-12-21(23(29)30)27(20)22(28)14-9-10-19(26-13-14)16-6-2-4-8-18(16)25/h2*1-10,13,20-21H,11-12H2,(H,29,30)/t2*20-,21+/m11/s1. The van der Waals surface area contributed by atoms with Crippen LogP contribution in [0.15, 0.2) is 134 Å². The second kappa shape index (κ2) is 18.4. The normalized spacial score (nSPS) is 18.4. The minimum atomic E-state index is -1.06. The zero-order valence-corrected chi connectivity index (χ0v) is 33.9. The van der Waals surface area contributed by atoms with Gasteiger partial charge in [0.05, 0.1) is 34.6 Å². The van der Waals surface area contributed by atoms with Crippen LogP contribution in [0.4, 0.5) is 4.39 Å². The maximum atomic E-state index is 14.0. The van der Waals surface area contributed by atoms with Gasteiger partial charge in [-0.25, -0.2) is 14.0 Å². The summed E-state index contributed by atoms with van der Waals surface area (Å²) in [5, 5.41) is 20.9. The molecule has 60 heavy (non-hydrogen) atoms. The molecule has 0 spiro atoms. The van der Waals surface area contributed by atoms with Crippen molar-refractivity contribution in [1.82, 2.24) is 19.8 Å². The van der Waals surface area contributed by atoms with Crippen LogP contribution in [0.1, 0.15) is 69.6 Å². The highest BCUT2D eigenvalue weighted by molar-refractivity contribution is 6.33. The maximum absolute atomic E-state index is 14.0. The number of carboxylic acid groups (broad SMARTS) is 2. The molecule has 2 fully saturated rings. The van der Waals surface area contributed by atoms with Crippen LogP contribution < -0.4 is 0 Å². The summed E-state index contributed by atoms with van der Waals surface area (Å²) in [7, 11) is 0. The number of halogens is 4. The summed E-state index contributed by atoms with van der Waals surface area (Å²) in [5.74, 6) is -3.33. The van der Waals surface area contributed by atoms with E-state index in [1.165, 1.54) is 34.3 Å². The lowest BCUT2D eigenvalue weighted by Crippen LogP contribution is -2.42. The van der Waals surface area contributed by atoms with E-state index in [-0.39, 0.29) is 11.5 Å². The highest BCUT2D eigenvalue weighted by Crippen LogP contribution is 2.42. The lowest BCUT2D eigenvalue weighted by atomic mass is 10.0. The number of aliphatic carboxylic acids is 2. The van der Waals surface area contributed by atoms with Gasteiger partial charge in [0.15, 0.2) is 0 Å². The molecule has 4 heterocycles. The third-order valence-corrected chi connectivity index (χ3v) is 11.7. The van der Waals surface area contributed by atoms with Crippen LogP contribution >= 0.6 is 34.8 Å². The Kier molecular flexibility index (Phi) is 12.9. The highest BCUT2D eigenvalue weighted by atomic mass is 35.5. The van der Waals surface area contributed by atoms with Gasteiger partial charge in [-0.2, -0.15) is 0 Å². The lowest BCUT2D eigenvalue weighted by Gasteiger charge is -2.29. The van der Waals surface area contributed by atoms with Crippen molar-refractivity contribution >= 4 is 58.6 Å². The van der Waals surface area contributed by atoms with Gasteiger partial charge in [0, 0.05) is 38.6 Å². The van der Waals surface area contributed by atoms with Gasteiger partial charge < -0.3 is 20.0 Å². The third kappa shape index (κ3) is 8.74. The number of nitrogens with zero attached hydrogens (tertiary/aromatic N) is 4. The summed E-state index contributed by atoms with van der Waals surface area (Å²) in [6, 6.07) is 31.6. The molecule has 10 nitrogen and oxygen atoms in total. The number of amides is 2. The van der Waals surface area contributed by atoms with Crippen molar-refractivity contribution in [3.63, 3.8) is 0 Å². The first-order valence-electron chi connectivity index (χ1n) is 19.0. The van der Waals surface area contributed by atoms with Crippen molar-refractivity contribution in [2.45, 2.75) is 49.9 Å². The number of carbonyl (C=O) groups is 4. The van der Waals surface area contributed by atoms with Crippen LogP contribution in [0.2, 0.25) is 15.1 Å². The number of pyridine rings is 2. The predicted octanol–water partition coefficient (Wildman–Crippen LogP) is 10.5. The number of carboxylic acids is 2. The molecule has 6 aromatic rings. The van der Waals surface area contributed by atoms with Crippen molar-refractivity contribution in [1.29, 1.82) is 0 Å². The third-order valence-electron chi connectivity index (χ3n) is 10.7. The Bertz CT molecular complexity index is 2380. The van der Waals surface area contributed by atoms with Crippen molar-refractivity contribution < 1.29 is 33.8 Å². The molecule has 2 saturated heterocycles. The first-order valence-corrected chi connectivity index (χ1v) is 20.1. The molecule has 0 unspecified atom stereocenters. The van der Waals surface area contributed by atoms with Gasteiger partial charge in [-0.1, -0.05) is 102 Å². The molecule has 2 aliphatic heterocycles. The van der Waals surface area contributed by atoms with E-state index in [0.29, 0.717) is 68.8 Å². The van der Waals surface area contributed by atoms with Crippen LogP contribution in [0.25, 0.3) is 22.5 Å². The van der Waals surface area contributed by atoms with Crippen molar-refractivity contribution in [2.24, 2.45) is 0 Å². The summed E-state index contributed by atoms with van der Waals surface area (Å²) in [6.07, 6.45) is 4.53. The lowest BCUT2D eigenvalue weighted by molar-refractivity contribution is -0.142. The first-order chi connectivity index (χ1) is 28.9. The molecule has 0 aliphatic carbocycles. The zero-order chi connectivity index (χ0) is 42.5. The number of aromatic nitrogens is 2. The van der Waals surface area contributed by atoms with Gasteiger partial charge in [-0.05, 0) is 91.4 Å². The van der Waals surface area contributed by atoms with E-state index in [2.05, 4.69) is 9.97 Å². The van der Waals surface area contributed by atoms with Crippen LogP contribution in [-0.2, 0) is 9.59 Å². The molecule has 2 N–H and O–H groups in total. The molecule has 304 valence electrons. The van der Waals surface area contributed by atoms with E-state index in [9.17, 15) is 33.8 Å². The zero-order valence-electron chi connectivity index (χ0n) is 31.7. The Balaban J connectivity index is 0.000000181. The number of hydrogen-bond acceptors (Lipinski definition) is 6. The number of likely N-dealkylation sites (tertiary alicyclic amines) is 2. The van der Waals surface area contributed by atoms with Gasteiger partial charge in [-0.3, -0.25) is 19.6 Å². The quantitative estimate of drug-likeness (QED) is 0.154. The Hall–Kier alpha value is -6.14. The number of carbonyl (C=O) groups excluding carboxylic acids is 2. The average Bonchev–Trinajstić information content (AvgIpc) is 3.91. The fourth-order valence-corrected chi connectivity index (χ4v) is 8.53. The summed E-state index contributed by atoms with van der Waals surface area (Å²) < 4.78 is 14.0. The van der Waals surface area contributed by atoms with E-state index in [1.54, 1.807) is 72.8 Å². The summed E-state index contributed by atoms with van der Waals surface area (Å²) >= 11 is 18.9.